The summed E-state index contributed by atoms with van der Waals surface area (Å²) < 4.78 is 0. The second-order valence-corrected chi connectivity index (χ2v) is 4.11. The van der Waals surface area contributed by atoms with E-state index in [1.165, 1.54) is 0 Å². The molecule has 1 atom stereocenters. The van der Waals surface area contributed by atoms with Crippen LogP contribution in [0, 0.1) is 0 Å². The lowest BCUT2D eigenvalue weighted by Crippen LogP contribution is -2.68. The number of hydrogen-bond acceptors (Lipinski definition) is 3. The Kier molecular flexibility index (Phi) is 2.26. The third-order valence-corrected chi connectivity index (χ3v) is 2.99. The average molecular weight is 183 g/mol. The highest BCUT2D eigenvalue weighted by atomic mass is 16.2. The first kappa shape index (κ1) is 8.97. The van der Waals surface area contributed by atoms with Crippen molar-refractivity contribution in [2.45, 2.75) is 18.4 Å². The Bertz CT molecular complexity index is 215. The van der Waals surface area contributed by atoms with Gasteiger partial charge in [0.05, 0.1) is 0 Å². The molecule has 0 aromatic rings. The van der Waals surface area contributed by atoms with Gasteiger partial charge in [-0.3, -0.25) is 4.79 Å². The van der Waals surface area contributed by atoms with Gasteiger partial charge in [0, 0.05) is 19.6 Å². The summed E-state index contributed by atoms with van der Waals surface area (Å²) in [5, 5.41) is 6.30. The van der Waals surface area contributed by atoms with Gasteiger partial charge in [-0.1, -0.05) is 0 Å². The molecule has 2 aliphatic heterocycles. The number of carbonyl (C=O) groups excluding carboxylic acids is 1. The number of nitrogens with one attached hydrogen (secondary N) is 2. The molecule has 0 aromatic heterocycles. The molecule has 0 radical (unpaired) electrons. The maximum absolute atomic E-state index is 11.7. The zero-order chi connectivity index (χ0) is 9.31. The number of amides is 1. The van der Waals surface area contributed by atoms with E-state index in [4.69, 9.17) is 0 Å². The van der Waals surface area contributed by atoms with Gasteiger partial charge >= 0.3 is 0 Å². The van der Waals surface area contributed by atoms with Gasteiger partial charge in [-0.15, -0.1) is 0 Å². The Hall–Kier alpha value is -0.610. The summed E-state index contributed by atoms with van der Waals surface area (Å²) in [5.74, 6) is 0.185. The normalized spacial score (nSPS) is 36.2. The molecule has 2 aliphatic rings. The summed E-state index contributed by atoms with van der Waals surface area (Å²) in [6, 6.07) is 0. The van der Waals surface area contributed by atoms with Crippen molar-refractivity contribution in [1.82, 2.24) is 15.5 Å². The van der Waals surface area contributed by atoms with Gasteiger partial charge in [-0.05, 0) is 26.4 Å². The number of piperidine rings is 1. The Morgan fingerprint density at radius 1 is 1.46 bits per heavy atom. The molecule has 1 amide bonds. The topological polar surface area (TPSA) is 44.4 Å². The molecule has 13 heavy (non-hydrogen) atoms. The van der Waals surface area contributed by atoms with Crippen LogP contribution in [0.5, 0.6) is 0 Å². The quantitative estimate of drug-likeness (QED) is 0.515. The molecule has 2 rings (SSSR count). The van der Waals surface area contributed by atoms with E-state index in [2.05, 4.69) is 22.6 Å². The average Bonchev–Trinajstić information content (AvgIpc) is 2.11. The minimum atomic E-state index is -0.286. The van der Waals surface area contributed by atoms with E-state index in [-0.39, 0.29) is 11.4 Å². The molecule has 0 aliphatic carbocycles. The van der Waals surface area contributed by atoms with Crippen LogP contribution in [0.15, 0.2) is 0 Å². The first-order valence-corrected chi connectivity index (χ1v) is 4.95. The predicted octanol–water partition coefficient (Wildman–Crippen LogP) is -0.830. The largest absolute Gasteiger partial charge is 0.353 e. The number of likely N-dealkylation sites (N-methyl/N-ethyl adjacent to an activating group) is 1. The molecule has 2 N–H and O–H groups in total. The van der Waals surface area contributed by atoms with Crippen molar-refractivity contribution in [3.63, 3.8) is 0 Å². The molecular formula is C9H17N3O. The van der Waals surface area contributed by atoms with Crippen molar-refractivity contribution >= 4 is 5.91 Å². The van der Waals surface area contributed by atoms with Gasteiger partial charge in [-0.2, -0.15) is 0 Å². The third-order valence-electron chi connectivity index (χ3n) is 2.99. The number of hydrogen-bond donors (Lipinski definition) is 2. The molecule has 4 nitrogen and oxygen atoms in total. The fraction of sp³-hybridized carbons (Fsp3) is 0.889. The molecule has 2 fully saturated rings. The van der Waals surface area contributed by atoms with Crippen LogP contribution < -0.4 is 10.6 Å². The number of likely N-dealkylation sites (tertiary alicyclic amines) is 1. The van der Waals surface area contributed by atoms with E-state index in [0.717, 1.165) is 39.0 Å². The van der Waals surface area contributed by atoms with Crippen molar-refractivity contribution in [2.75, 3.05) is 33.2 Å². The first-order valence-electron chi connectivity index (χ1n) is 4.95. The van der Waals surface area contributed by atoms with Gasteiger partial charge in [0.15, 0.2) is 0 Å². The van der Waals surface area contributed by atoms with Crippen molar-refractivity contribution in [3.8, 4) is 0 Å². The number of rotatable bonds is 0. The van der Waals surface area contributed by atoms with Crippen LogP contribution >= 0.6 is 0 Å². The van der Waals surface area contributed by atoms with Crippen LogP contribution in [0.2, 0.25) is 0 Å². The fourth-order valence-corrected chi connectivity index (χ4v) is 2.33. The van der Waals surface area contributed by atoms with Gasteiger partial charge in [0.25, 0.3) is 0 Å². The van der Waals surface area contributed by atoms with Crippen LogP contribution in [0.1, 0.15) is 12.8 Å². The predicted molar refractivity (Wildman–Crippen MR) is 50.5 cm³/mol. The van der Waals surface area contributed by atoms with Gasteiger partial charge in [-0.25, -0.2) is 0 Å². The second kappa shape index (κ2) is 3.27. The molecule has 0 saturated carbocycles. The highest BCUT2D eigenvalue weighted by Crippen LogP contribution is 2.21. The third kappa shape index (κ3) is 1.56. The van der Waals surface area contributed by atoms with E-state index in [1.54, 1.807) is 0 Å². The zero-order valence-corrected chi connectivity index (χ0v) is 8.10. The van der Waals surface area contributed by atoms with Crippen LogP contribution in [0.3, 0.4) is 0 Å². The fourth-order valence-electron chi connectivity index (χ4n) is 2.33. The van der Waals surface area contributed by atoms with Crippen LogP contribution in [0.25, 0.3) is 0 Å². The number of piperazine rings is 1. The van der Waals surface area contributed by atoms with Crippen molar-refractivity contribution in [2.24, 2.45) is 0 Å². The minimum Gasteiger partial charge on any atom is -0.353 e. The molecule has 1 spiro atoms. The molecule has 0 bridgehead atoms. The van der Waals surface area contributed by atoms with Crippen LogP contribution in [0.4, 0.5) is 0 Å². The molecular weight excluding hydrogens is 166 g/mol. The van der Waals surface area contributed by atoms with E-state index >= 15 is 0 Å². The summed E-state index contributed by atoms with van der Waals surface area (Å²) in [7, 11) is 2.07. The summed E-state index contributed by atoms with van der Waals surface area (Å²) in [5.41, 5.74) is -0.286. The smallest absolute Gasteiger partial charge is 0.241 e. The molecule has 4 heteroatoms. The highest BCUT2D eigenvalue weighted by Gasteiger charge is 2.42. The summed E-state index contributed by atoms with van der Waals surface area (Å²) in [4.78, 5) is 13.9. The van der Waals surface area contributed by atoms with E-state index in [1.807, 2.05) is 0 Å². The van der Waals surface area contributed by atoms with Gasteiger partial charge < -0.3 is 15.5 Å². The first-order chi connectivity index (χ1) is 6.23. The second-order valence-electron chi connectivity index (χ2n) is 4.11. The van der Waals surface area contributed by atoms with Crippen molar-refractivity contribution in [3.05, 3.63) is 0 Å². The Morgan fingerprint density at radius 3 is 3.00 bits per heavy atom. The van der Waals surface area contributed by atoms with Crippen LogP contribution in [-0.2, 0) is 4.79 Å². The molecule has 0 aromatic carbocycles. The molecule has 2 heterocycles. The monoisotopic (exact) mass is 183 g/mol. The number of nitrogens with zero attached hydrogens (tertiary/aromatic N) is 1. The SMILES string of the molecule is CN1CCCC2(C1)NCCNC2=O. The summed E-state index contributed by atoms with van der Waals surface area (Å²) in [6.45, 7) is 3.62. The van der Waals surface area contributed by atoms with Crippen LogP contribution in [-0.4, -0.2) is 49.6 Å². The van der Waals surface area contributed by atoms with Crippen molar-refractivity contribution < 1.29 is 4.79 Å². The lowest BCUT2D eigenvalue weighted by atomic mass is 9.87. The van der Waals surface area contributed by atoms with E-state index in [0.29, 0.717) is 0 Å². The molecule has 2 saturated heterocycles. The zero-order valence-electron chi connectivity index (χ0n) is 8.10. The van der Waals surface area contributed by atoms with Crippen molar-refractivity contribution in [1.29, 1.82) is 0 Å². The van der Waals surface area contributed by atoms with Gasteiger partial charge in [0.2, 0.25) is 5.91 Å². The summed E-state index contributed by atoms with van der Waals surface area (Å²) >= 11 is 0. The number of carbonyl (C=O) groups is 1. The lowest BCUT2D eigenvalue weighted by molar-refractivity contribution is -0.131. The lowest BCUT2D eigenvalue weighted by Gasteiger charge is -2.43. The molecule has 74 valence electrons. The van der Waals surface area contributed by atoms with E-state index < -0.39 is 0 Å². The minimum absolute atomic E-state index is 0.185. The molecule has 1 unspecified atom stereocenters. The standard InChI is InChI=1S/C9H17N3O/c1-12-6-2-3-9(7-12)8(13)10-4-5-11-9/h11H,2-7H2,1H3,(H,10,13). The summed E-state index contributed by atoms with van der Waals surface area (Å²) in [6.07, 6.45) is 2.08. The Balaban J connectivity index is 2.11. The Labute approximate surface area is 78.7 Å². The Morgan fingerprint density at radius 2 is 2.31 bits per heavy atom. The maximum Gasteiger partial charge on any atom is 0.241 e. The van der Waals surface area contributed by atoms with Gasteiger partial charge in [0.1, 0.15) is 5.54 Å². The maximum atomic E-state index is 11.7. The van der Waals surface area contributed by atoms with E-state index in [9.17, 15) is 4.79 Å². The highest BCUT2D eigenvalue weighted by molar-refractivity contribution is 5.87.